The minimum absolute atomic E-state index is 0.00583. The van der Waals surface area contributed by atoms with Crippen LogP contribution < -0.4 is 5.32 Å². The third-order valence-corrected chi connectivity index (χ3v) is 8.20. The summed E-state index contributed by atoms with van der Waals surface area (Å²) < 4.78 is 7.21. The molecular weight excluding hydrogens is 500 g/mol. The van der Waals surface area contributed by atoms with Gasteiger partial charge in [-0.1, -0.05) is 13.8 Å². The molecule has 1 N–H and O–H groups in total. The van der Waals surface area contributed by atoms with E-state index in [1.54, 1.807) is 16.6 Å². The van der Waals surface area contributed by atoms with Crippen LogP contribution in [0, 0.1) is 11.8 Å². The van der Waals surface area contributed by atoms with Crippen molar-refractivity contribution in [3.05, 3.63) is 17.0 Å². The summed E-state index contributed by atoms with van der Waals surface area (Å²) in [5.74, 6) is -0.346. The molecule has 1 aromatic rings. The highest BCUT2D eigenvalue weighted by molar-refractivity contribution is 5.96. The number of rotatable bonds is 4. The lowest BCUT2D eigenvalue weighted by molar-refractivity contribution is -0.146. The lowest BCUT2D eigenvalue weighted by Gasteiger charge is -2.37. The highest BCUT2D eigenvalue weighted by Crippen LogP contribution is 2.29. The van der Waals surface area contributed by atoms with E-state index in [4.69, 9.17) is 4.74 Å². The molecule has 0 aromatic carbocycles. The Labute approximate surface area is 231 Å². The van der Waals surface area contributed by atoms with Crippen LogP contribution in [-0.4, -0.2) is 107 Å². The number of amides is 4. The van der Waals surface area contributed by atoms with Gasteiger partial charge in [0, 0.05) is 70.2 Å². The van der Waals surface area contributed by atoms with Gasteiger partial charge in [-0.2, -0.15) is 5.10 Å². The highest BCUT2D eigenvalue weighted by atomic mass is 16.5. The standard InChI is InChI=1S/C28H44N6O5/c1-19(2)8-13-34-21-6-7-23-22(16-21)26(30-32(23)4)28(38)31(3)17-24(35)29-11-5-12-33(18-25(34)36)27(37)20-9-14-39-15-10-20/h19-21H,5-18H2,1-4H3,(H,29,35). The van der Waals surface area contributed by atoms with Crippen LogP contribution in [0.25, 0.3) is 0 Å². The van der Waals surface area contributed by atoms with Crippen LogP contribution in [0.4, 0.5) is 0 Å². The third-order valence-electron chi connectivity index (χ3n) is 8.20. The van der Waals surface area contributed by atoms with Gasteiger partial charge in [-0.25, -0.2) is 0 Å². The molecule has 2 aliphatic heterocycles. The molecule has 0 saturated carbocycles. The SMILES string of the molecule is CC(C)CCN1C(=O)CN(C(=O)C2CCOCC2)CCCNC(=O)CN(C)C(=O)c2nn(C)c3c2CC1CC3. The van der Waals surface area contributed by atoms with Gasteiger partial charge in [0.05, 0.1) is 13.1 Å². The monoisotopic (exact) mass is 544 g/mol. The molecular formula is C28H44N6O5. The topological polar surface area (TPSA) is 117 Å². The summed E-state index contributed by atoms with van der Waals surface area (Å²) in [5, 5.41) is 7.40. The van der Waals surface area contributed by atoms with Crippen LogP contribution in [0.2, 0.25) is 0 Å². The zero-order valence-corrected chi connectivity index (χ0v) is 23.9. The maximum atomic E-state index is 13.9. The zero-order chi connectivity index (χ0) is 28.1. The molecule has 3 heterocycles. The smallest absolute Gasteiger partial charge is 0.274 e. The number of likely N-dealkylation sites (N-methyl/N-ethyl adjacent to an activating group) is 1. The Morgan fingerprint density at radius 1 is 1.10 bits per heavy atom. The van der Waals surface area contributed by atoms with Crippen molar-refractivity contribution in [2.45, 2.75) is 64.8 Å². The maximum Gasteiger partial charge on any atom is 0.274 e. The Kier molecular flexibility index (Phi) is 9.63. The first-order valence-corrected chi connectivity index (χ1v) is 14.4. The van der Waals surface area contributed by atoms with Gasteiger partial charge in [-0.3, -0.25) is 23.9 Å². The van der Waals surface area contributed by atoms with Crippen LogP contribution in [0.1, 0.15) is 67.7 Å². The van der Waals surface area contributed by atoms with E-state index in [-0.39, 0.29) is 48.7 Å². The molecule has 1 fully saturated rings. The quantitative estimate of drug-likeness (QED) is 0.605. The second-order valence-corrected chi connectivity index (χ2v) is 11.6. The van der Waals surface area contributed by atoms with Crippen LogP contribution in [-0.2, 0) is 39.0 Å². The van der Waals surface area contributed by atoms with Crippen molar-refractivity contribution in [2.75, 3.05) is 53.0 Å². The predicted octanol–water partition coefficient (Wildman–Crippen LogP) is 0.999. The van der Waals surface area contributed by atoms with Crippen LogP contribution in [0.3, 0.4) is 0 Å². The van der Waals surface area contributed by atoms with Crippen molar-refractivity contribution in [3.8, 4) is 0 Å². The van der Waals surface area contributed by atoms with Crippen molar-refractivity contribution in [2.24, 2.45) is 18.9 Å². The summed E-state index contributed by atoms with van der Waals surface area (Å²) in [6.07, 6.45) is 4.71. The molecule has 11 nitrogen and oxygen atoms in total. The van der Waals surface area contributed by atoms with Gasteiger partial charge in [-0.15, -0.1) is 0 Å². The molecule has 3 aliphatic rings. The molecule has 0 spiro atoms. The molecule has 11 heteroatoms. The fourth-order valence-electron chi connectivity index (χ4n) is 5.86. The number of nitrogens with zero attached hydrogens (tertiary/aromatic N) is 5. The number of fused-ring (bicyclic) bond motifs is 1. The Hall–Kier alpha value is -2.95. The van der Waals surface area contributed by atoms with E-state index in [0.717, 1.165) is 24.1 Å². The lowest BCUT2D eigenvalue weighted by Crippen LogP contribution is -2.51. The second-order valence-electron chi connectivity index (χ2n) is 11.6. The highest BCUT2D eigenvalue weighted by Gasteiger charge is 2.36. The van der Waals surface area contributed by atoms with Gasteiger partial charge in [0.15, 0.2) is 5.69 Å². The van der Waals surface area contributed by atoms with E-state index < -0.39 is 0 Å². The van der Waals surface area contributed by atoms with E-state index in [9.17, 15) is 19.2 Å². The Morgan fingerprint density at radius 3 is 2.56 bits per heavy atom. The summed E-state index contributed by atoms with van der Waals surface area (Å²) in [5.41, 5.74) is 2.21. The summed E-state index contributed by atoms with van der Waals surface area (Å²) in [6, 6.07) is -0.0824. The number of ether oxygens (including phenoxy) is 1. The summed E-state index contributed by atoms with van der Waals surface area (Å²) in [6.45, 7) is 6.69. The predicted molar refractivity (Wildman–Crippen MR) is 145 cm³/mol. The second kappa shape index (κ2) is 12.9. The first-order valence-electron chi connectivity index (χ1n) is 14.4. The minimum atomic E-state index is -0.289. The molecule has 4 amide bonds. The van der Waals surface area contributed by atoms with Crippen molar-refractivity contribution in [3.63, 3.8) is 0 Å². The summed E-state index contributed by atoms with van der Waals surface area (Å²) >= 11 is 0. The number of carbonyl (C=O) groups is 4. The third kappa shape index (κ3) is 6.98. The molecule has 4 rings (SSSR count). The Bertz CT molecular complexity index is 1060. The van der Waals surface area contributed by atoms with Crippen molar-refractivity contribution in [1.82, 2.24) is 29.8 Å². The Balaban J connectivity index is 1.65. The normalized spacial score (nSPS) is 22.4. The van der Waals surface area contributed by atoms with Crippen molar-refractivity contribution in [1.29, 1.82) is 0 Å². The van der Waals surface area contributed by atoms with Crippen molar-refractivity contribution < 1.29 is 23.9 Å². The first kappa shape index (κ1) is 29.0. The van der Waals surface area contributed by atoms with Crippen molar-refractivity contribution >= 4 is 23.6 Å². The summed E-state index contributed by atoms with van der Waals surface area (Å²) in [7, 11) is 3.45. The zero-order valence-electron chi connectivity index (χ0n) is 23.9. The molecule has 216 valence electrons. The Morgan fingerprint density at radius 2 is 1.85 bits per heavy atom. The van der Waals surface area contributed by atoms with Gasteiger partial charge < -0.3 is 24.8 Å². The van der Waals surface area contributed by atoms with Crippen LogP contribution in [0.15, 0.2) is 0 Å². The van der Waals surface area contributed by atoms with Gasteiger partial charge in [0.2, 0.25) is 17.7 Å². The number of hydrogen-bond acceptors (Lipinski definition) is 6. The molecule has 1 unspecified atom stereocenters. The molecule has 1 aliphatic carbocycles. The van der Waals surface area contributed by atoms with E-state index >= 15 is 0 Å². The maximum absolute atomic E-state index is 13.9. The van der Waals surface area contributed by atoms with Crippen LogP contribution in [0.5, 0.6) is 0 Å². The molecule has 1 atom stereocenters. The number of carbonyl (C=O) groups excluding carboxylic acids is 4. The number of nitrogens with one attached hydrogen (secondary N) is 1. The largest absolute Gasteiger partial charge is 0.381 e. The fraction of sp³-hybridized carbons (Fsp3) is 0.750. The molecule has 2 bridgehead atoms. The van der Waals surface area contributed by atoms with Gasteiger partial charge >= 0.3 is 0 Å². The van der Waals surface area contributed by atoms with E-state index in [1.807, 2.05) is 11.9 Å². The number of aromatic nitrogens is 2. The number of aryl methyl sites for hydroxylation is 1. The fourth-order valence-corrected chi connectivity index (χ4v) is 5.86. The van der Waals surface area contributed by atoms with E-state index in [2.05, 4.69) is 24.3 Å². The molecule has 0 radical (unpaired) electrons. The van der Waals surface area contributed by atoms with Gasteiger partial charge in [0.25, 0.3) is 5.91 Å². The minimum Gasteiger partial charge on any atom is -0.381 e. The molecule has 39 heavy (non-hydrogen) atoms. The average molecular weight is 545 g/mol. The van der Waals surface area contributed by atoms with E-state index in [0.29, 0.717) is 76.6 Å². The molecule has 1 saturated heterocycles. The van der Waals surface area contributed by atoms with Gasteiger partial charge in [0.1, 0.15) is 0 Å². The first-order chi connectivity index (χ1) is 18.7. The summed E-state index contributed by atoms with van der Waals surface area (Å²) in [4.78, 5) is 58.4. The van der Waals surface area contributed by atoms with Gasteiger partial charge in [-0.05, 0) is 50.9 Å². The molecule has 1 aromatic heterocycles. The average Bonchev–Trinajstić information content (AvgIpc) is 3.25. The van der Waals surface area contributed by atoms with E-state index in [1.165, 1.54) is 4.90 Å². The number of hydrogen-bond donors (Lipinski definition) is 1. The van der Waals surface area contributed by atoms with Crippen LogP contribution >= 0.6 is 0 Å². The lowest BCUT2D eigenvalue weighted by atomic mass is 9.89.